The molecular weight excluding hydrogens is 509 g/mol. The van der Waals surface area contributed by atoms with Crippen molar-refractivity contribution in [3.63, 3.8) is 0 Å². The molecule has 0 amide bonds. The van der Waals surface area contributed by atoms with Gasteiger partial charge in [0.1, 0.15) is 5.82 Å². The van der Waals surface area contributed by atoms with Gasteiger partial charge in [0.25, 0.3) is 10.2 Å². The van der Waals surface area contributed by atoms with Gasteiger partial charge in [0.2, 0.25) is 10.0 Å². The Morgan fingerprint density at radius 2 is 1.60 bits per heavy atom. The number of benzene rings is 1. The maximum Gasteiger partial charge on any atom is 0.279 e. The number of halogens is 3. The second-order valence-electron chi connectivity index (χ2n) is 9.40. The van der Waals surface area contributed by atoms with Gasteiger partial charge in [-0.15, -0.1) is 0 Å². The monoisotopic (exact) mass is 540 g/mol. The molecule has 3 aliphatic rings. The minimum Gasteiger partial charge on any atom is -0.379 e. The van der Waals surface area contributed by atoms with Gasteiger partial charge in [0.05, 0.1) is 19.0 Å². The van der Waals surface area contributed by atoms with Crippen LogP contribution in [0, 0.1) is 23.4 Å². The van der Waals surface area contributed by atoms with Crippen molar-refractivity contribution in [2.45, 2.75) is 50.2 Å². The van der Waals surface area contributed by atoms with Crippen molar-refractivity contribution in [2.24, 2.45) is 11.7 Å². The van der Waals surface area contributed by atoms with Crippen molar-refractivity contribution in [1.82, 2.24) is 13.3 Å². The fourth-order valence-electron chi connectivity index (χ4n) is 5.40. The predicted octanol–water partition coefficient (Wildman–Crippen LogP) is 0.713. The zero-order valence-corrected chi connectivity index (χ0v) is 20.8. The molecule has 0 spiro atoms. The first-order chi connectivity index (χ1) is 16.5. The van der Waals surface area contributed by atoms with Gasteiger partial charge in [-0.05, 0) is 49.7 Å². The van der Waals surface area contributed by atoms with Crippen molar-refractivity contribution in [2.75, 3.05) is 38.6 Å². The number of nitrogens with zero attached hydrogens (tertiary/aromatic N) is 2. The standard InChI is InChI=1S/C21H31F3N4O5S2/c22-18-13-20(24)19(23)11-14(18)12-21(25)15-9-16-1-2-17(10-15)28(16)34(29,30)8-3-26-35(31,32)27-4-6-33-7-5-27/h11,13,15-17,21,26H,1-10,12,25H2/t15?,16-,17+,21?. The Labute approximate surface area is 204 Å². The Bertz CT molecular complexity index is 1120. The molecule has 198 valence electrons. The average molecular weight is 541 g/mol. The highest BCUT2D eigenvalue weighted by Crippen LogP contribution is 2.42. The maximum atomic E-state index is 14.1. The summed E-state index contributed by atoms with van der Waals surface area (Å²) in [6.45, 7) is 0.782. The van der Waals surface area contributed by atoms with Crippen LogP contribution in [0.2, 0.25) is 0 Å². The van der Waals surface area contributed by atoms with Crippen LogP contribution in [0.3, 0.4) is 0 Å². The zero-order chi connectivity index (χ0) is 25.4. The van der Waals surface area contributed by atoms with Crippen LogP contribution >= 0.6 is 0 Å². The SMILES string of the molecule is NC(Cc1cc(F)c(F)cc1F)C1C[C@H]2CC[C@@H](C1)N2S(=O)(=O)CCNS(=O)(=O)N1CCOCC1. The van der Waals surface area contributed by atoms with Crippen molar-refractivity contribution < 1.29 is 34.7 Å². The van der Waals surface area contributed by atoms with E-state index in [1.54, 1.807) is 0 Å². The number of nitrogens with two attached hydrogens (primary N) is 1. The summed E-state index contributed by atoms with van der Waals surface area (Å²) in [7, 11) is -7.51. The highest BCUT2D eigenvalue weighted by Gasteiger charge is 2.47. The van der Waals surface area contributed by atoms with Crippen molar-refractivity contribution in [1.29, 1.82) is 0 Å². The van der Waals surface area contributed by atoms with Crippen LogP contribution in [0.25, 0.3) is 0 Å². The molecule has 4 atom stereocenters. The van der Waals surface area contributed by atoms with Crippen LogP contribution in [0.4, 0.5) is 13.2 Å². The molecule has 0 saturated carbocycles. The smallest absolute Gasteiger partial charge is 0.279 e. The number of sulfonamides is 1. The van der Waals surface area contributed by atoms with Gasteiger partial charge in [-0.2, -0.15) is 17.0 Å². The van der Waals surface area contributed by atoms with Gasteiger partial charge < -0.3 is 10.5 Å². The van der Waals surface area contributed by atoms with Crippen LogP contribution in [-0.2, 0) is 31.4 Å². The lowest BCUT2D eigenvalue weighted by Crippen LogP contribution is -2.52. The minimum atomic E-state index is -3.78. The number of morpholine rings is 1. The van der Waals surface area contributed by atoms with E-state index >= 15 is 0 Å². The highest BCUT2D eigenvalue weighted by molar-refractivity contribution is 7.89. The third-order valence-corrected chi connectivity index (χ3v) is 10.7. The summed E-state index contributed by atoms with van der Waals surface area (Å²) in [6.07, 6.45) is 2.28. The number of hydrogen-bond donors (Lipinski definition) is 2. The molecule has 3 aliphatic heterocycles. The molecule has 9 nitrogen and oxygen atoms in total. The quantitative estimate of drug-likeness (QED) is 0.445. The normalized spacial score (nSPS) is 27.3. The fourth-order valence-corrected chi connectivity index (χ4v) is 8.57. The molecule has 0 aromatic heterocycles. The molecule has 0 radical (unpaired) electrons. The number of fused-ring (bicyclic) bond motifs is 2. The van der Waals surface area contributed by atoms with E-state index in [1.165, 1.54) is 8.61 Å². The Hall–Kier alpha value is -1.29. The van der Waals surface area contributed by atoms with Gasteiger partial charge in [-0.25, -0.2) is 26.3 Å². The van der Waals surface area contributed by atoms with E-state index in [-0.39, 0.29) is 55.4 Å². The van der Waals surface area contributed by atoms with Crippen LogP contribution in [0.1, 0.15) is 31.2 Å². The van der Waals surface area contributed by atoms with Gasteiger partial charge in [0.15, 0.2) is 11.6 Å². The van der Waals surface area contributed by atoms with E-state index < -0.39 is 43.7 Å². The molecule has 0 aliphatic carbocycles. The Balaban J connectivity index is 1.34. The number of nitrogens with one attached hydrogen (secondary N) is 1. The Kier molecular flexibility index (Phi) is 8.10. The molecule has 4 rings (SSSR count). The van der Waals surface area contributed by atoms with Crippen molar-refractivity contribution in [3.8, 4) is 0 Å². The van der Waals surface area contributed by atoms with E-state index in [0.29, 0.717) is 45.0 Å². The zero-order valence-electron chi connectivity index (χ0n) is 19.2. The summed E-state index contributed by atoms with van der Waals surface area (Å²) < 4.78 is 102. The van der Waals surface area contributed by atoms with Gasteiger partial charge in [-0.1, -0.05) is 0 Å². The Morgan fingerprint density at radius 3 is 2.23 bits per heavy atom. The molecule has 3 fully saturated rings. The number of ether oxygens (including phenoxy) is 1. The topological polar surface area (TPSA) is 122 Å². The van der Waals surface area contributed by atoms with E-state index in [9.17, 15) is 30.0 Å². The number of piperidine rings is 1. The molecule has 2 bridgehead atoms. The van der Waals surface area contributed by atoms with Crippen LogP contribution in [0.5, 0.6) is 0 Å². The second-order valence-corrected chi connectivity index (χ2v) is 13.1. The van der Waals surface area contributed by atoms with E-state index in [2.05, 4.69) is 4.72 Å². The lowest BCUT2D eigenvalue weighted by atomic mass is 9.83. The summed E-state index contributed by atoms with van der Waals surface area (Å²) in [6, 6.07) is 0.226. The first-order valence-electron chi connectivity index (χ1n) is 11.7. The fraction of sp³-hybridized carbons (Fsp3) is 0.714. The number of rotatable bonds is 9. The maximum absolute atomic E-state index is 14.1. The second kappa shape index (κ2) is 10.6. The van der Waals surface area contributed by atoms with Crippen LogP contribution in [-0.4, -0.2) is 82.2 Å². The van der Waals surface area contributed by atoms with E-state index in [0.717, 1.165) is 6.07 Å². The average Bonchev–Trinajstić information content (AvgIpc) is 3.09. The summed E-state index contributed by atoms with van der Waals surface area (Å²) in [4.78, 5) is 0. The number of hydrogen-bond acceptors (Lipinski definition) is 6. The van der Waals surface area contributed by atoms with E-state index in [1.807, 2.05) is 0 Å². The molecule has 3 heterocycles. The Morgan fingerprint density at radius 1 is 1.00 bits per heavy atom. The van der Waals surface area contributed by atoms with Crippen LogP contribution in [0.15, 0.2) is 12.1 Å². The van der Waals surface area contributed by atoms with Gasteiger partial charge in [-0.3, -0.25) is 0 Å². The summed E-state index contributed by atoms with van der Waals surface area (Å²) in [5, 5.41) is 0. The van der Waals surface area contributed by atoms with Crippen LogP contribution < -0.4 is 10.5 Å². The molecular formula is C21H31F3N4O5S2. The summed E-state index contributed by atoms with van der Waals surface area (Å²) in [5.41, 5.74) is 6.29. The first-order valence-corrected chi connectivity index (χ1v) is 14.8. The first kappa shape index (κ1) is 26.8. The van der Waals surface area contributed by atoms with Gasteiger partial charge >= 0.3 is 0 Å². The molecule has 3 saturated heterocycles. The van der Waals surface area contributed by atoms with Crippen molar-refractivity contribution >= 4 is 20.2 Å². The van der Waals surface area contributed by atoms with Gasteiger partial charge in [0, 0.05) is 43.8 Å². The third kappa shape index (κ3) is 6.00. The summed E-state index contributed by atoms with van der Waals surface area (Å²) >= 11 is 0. The molecule has 14 heteroatoms. The predicted molar refractivity (Wildman–Crippen MR) is 122 cm³/mol. The molecule has 3 N–H and O–H groups in total. The highest BCUT2D eigenvalue weighted by atomic mass is 32.2. The third-order valence-electron chi connectivity index (χ3n) is 7.13. The van der Waals surface area contributed by atoms with E-state index in [4.69, 9.17) is 10.5 Å². The van der Waals surface area contributed by atoms with Crippen molar-refractivity contribution in [3.05, 3.63) is 35.1 Å². The lowest BCUT2D eigenvalue weighted by Gasteiger charge is -2.40. The molecule has 2 unspecified atom stereocenters. The molecule has 35 heavy (non-hydrogen) atoms. The molecule has 1 aromatic rings. The minimum absolute atomic E-state index is 0.00801. The largest absolute Gasteiger partial charge is 0.379 e. The summed E-state index contributed by atoms with van der Waals surface area (Å²) in [5.74, 6) is -3.73. The molecule has 1 aromatic carbocycles. The lowest BCUT2D eigenvalue weighted by molar-refractivity contribution is 0.0725.